The lowest BCUT2D eigenvalue weighted by molar-refractivity contribution is -0.143. The standard InChI is InChI=1S/C19H28O3/c1-6-18(4)7-8-19(5)12-9-15(21)22-16(12)17(2,3)11-14(20)13(19)10-18/h6,9,13-14,16,20H,1,7-8,10-11H2,2-5H3/t13-,14-,16-,18+,19-/m0/s1. The minimum atomic E-state index is -0.371. The second kappa shape index (κ2) is 4.70. The molecule has 1 aliphatic heterocycles. The van der Waals surface area contributed by atoms with Crippen LogP contribution in [0.1, 0.15) is 53.4 Å². The average molecular weight is 304 g/mol. The first-order valence-electron chi connectivity index (χ1n) is 8.36. The number of hydrogen-bond acceptors (Lipinski definition) is 3. The van der Waals surface area contributed by atoms with Gasteiger partial charge in [-0.15, -0.1) is 6.58 Å². The molecule has 0 amide bonds. The Morgan fingerprint density at radius 3 is 2.59 bits per heavy atom. The third kappa shape index (κ3) is 2.17. The molecule has 0 bridgehead atoms. The molecule has 1 N–H and O–H groups in total. The van der Waals surface area contributed by atoms with Gasteiger partial charge in [0.05, 0.1) is 6.10 Å². The van der Waals surface area contributed by atoms with Crippen molar-refractivity contribution in [2.45, 2.75) is 65.6 Å². The van der Waals surface area contributed by atoms with E-state index in [1.165, 1.54) is 0 Å². The first kappa shape index (κ1) is 15.8. The van der Waals surface area contributed by atoms with Gasteiger partial charge in [0.2, 0.25) is 0 Å². The number of carbonyl (C=O) groups is 1. The highest BCUT2D eigenvalue weighted by atomic mass is 16.5. The lowest BCUT2D eigenvalue weighted by Gasteiger charge is -2.49. The molecule has 2 saturated carbocycles. The van der Waals surface area contributed by atoms with Gasteiger partial charge in [0.25, 0.3) is 0 Å². The highest BCUT2D eigenvalue weighted by Gasteiger charge is 2.57. The van der Waals surface area contributed by atoms with Crippen molar-refractivity contribution in [1.29, 1.82) is 0 Å². The number of ether oxygens (including phenoxy) is 1. The molecule has 2 fully saturated rings. The maximum absolute atomic E-state index is 11.9. The van der Waals surface area contributed by atoms with E-state index in [-0.39, 0.29) is 40.3 Å². The molecule has 0 aromatic rings. The van der Waals surface area contributed by atoms with E-state index in [0.717, 1.165) is 24.8 Å². The molecule has 0 unspecified atom stereocenters. The number of carbonyl (C=O) groups excluding carboxylic acids is 1. The van der Waals surface area contributed by atoms with Gasteiger partial charge < -0.3 is 9.84 Å². The van der Waals surface area contributed by atoms with Crippen molar-refractivity contribution in [3.8, 4) is 0 Å². The second-order valence-electron chi connectivity index (χ2n) is 8.76. The van der Waals surface area contributed by atoms with Crippen molar-refractivity contribution in [2.75, 3.05) is 0 Å². The van der Waals surface area contributed by atoms with Crippen LogP contribution < -0.4 is 0 Å². The number of allylic oxidation sites excluding steroid dienone is 1. The van der Waals surface area contributed by atoms with Crippen molar-refractivity contribution in [3.63, 3.8) is 0 Å². The van der Waals surface area contributed by atoms with Crippen LogP contribution in [0.2, 0.25) is 0 Å². The van der Waals surface area contributed by atoms with Gasteiger partial charge in [-0.05, 0) is 48.0 Å². The van der Waals surface area contributed by atoms with E-state index in [0.29, 0.717) is 6.42 Å². The molecule has 22 heavy (non-hydrogen) atoms. The molecule has 3 nitrogen and oxygen atoms in total. The number of esters is 1. The lowest BCUT2D eigenvalue weighted by Crippen LogP contribution is -2.44. The SMILES string of the molecule is C=C[C@]1(C)CC[C@@]2(C)C3=CC(=O)O[C@@H]3C(C)(C)C[C@H](O)[C@@H]2C1. The maximum atomic E-state index is 11.9. The third-order valence-electron chi connectivity index (χ3n) is 6.57. The zero-order valence-electron chi connectivity index (χ0n) is 14.2. The molecule has 0 aromatic heterocycles. The zero-order chi connectivity index (χ0) is 16.3. The van der Waals surface area contributed by atoms with Crippen LogP contribution in [0.15, 0.2) is 24.3 Å². The molecule has 0 aromatic carbocycles. The maximum Gasteiger partial charge on any atom is 0.331 e. The summed E-state index contributed by atoms with van der Waals surface area (Å²) in [6.45, 7) is 12.6. The molecule has 122 valence electrons. The minimum Gasteiger partial charge on any atom is -0.454 e. The van der Waals surface area contributed by atoms with Gasteiger partial charge in [0.1, 0.15) is 6.10 Å². The molecule has 0 saturated heterocycles. The Bertz CT molecular complexity index is 547. The first-order valence-corrected chi connectivity index (χ1v) is 8.36. The number of hydrogen-bond donors (Lipinski definition) is 1. The molecule has 3 rings (SSSR count). The Labute approximate surface area is 133 Å². The smallest absolute Gasteiger partial charge is 0.331 e. The molecule has 5 atom stereocenters. The van der Waals surface area contributed by atoms with Crippen LogP contribution in [0.3, 0.4) is 0 Å². The summed E-state index contributed by atoms with van der Waals surface area (Å²) in [5.74, 6) is -0.0734. The van der Waals surface area contributed by atoms with Gasteiger partial charge in [0, 0.05) is 11.5 Å². The largest absolute Gasteiger partial charge is 0.454 e. The van der Waals surface area contributed by atoms with Gasteiger partial charge in [0.15, 0.2) is 0 Å². The third-order valence-corrected chi connectivity index (χ3v) is 6.57. The molecule has 1 heterocycles. The molecule has 3 heteroatoms. The summed E-state index contributed by atoms with van der Waals surface area (Å²) < 4.78 is 5.64. The number of aliphatic hydroxyl groups excluding tert-OH is 1. The Balaban J connectivity index is 2.08. The van der Waals surface area contributed by atoms with Gasteiger partial charge in [-0.3, -0.25) is 0 Å². The van der Waals surface area contributed by atoms with Gasteiger partial charge in [-0.2, -0.15) is 0 Å². The zero-order valence-corrected chi connectivity index (χ0v) is 14.2. The van der Waals surface area contributed by atoms with Gasteiger partial charge in [-0.1, -0.05) is 33.8 Å². The van der Waals surface area contributed by atoms with Crippen LogP contribution in [-0.2, 0) is 9.53 Å². The molecule has 2 aliphatic carbocycles. The van der Waals surface area contributed by atoms with Gasteiger partial charge >= 0.3 is 5.97 Å². The van der Waals surface area contributed by atoms with E-state index < -0.39 is 0 Å². The number of rotatable bonds is 1. The Hall–Kier alpha value is -1.09. The fraction of sp³-hybridized carbons (Fsp3) is 0.737. The fourth-order valence-electron chi connectivity index (χ4n) is 4.91. The predicted molar refractivity (Wildman–Crippen MR) is 86.1 cm³/mol. The van der Waals surface area contributed by atoms with E-state index in [4.69, 9.17) is 4.74 Å². The number of fused-ring (bicyclic) bond motifs is 3. The fourth-order valence-corrected chi connectivity index (χ4v) is 4.91. The van der Waals surface area contributed by atoms with E-state index in [9.17, 15) is 9.90 Å². The van der Waals surface area contributed by atoms with Crippen molar-refractivity contribution in [2.24, 2.45) is 22.2 Å². The normalized spacial score (nSPS) is 46.9. The second-order valence-corrected chi connectivity index (χ2v) is 8.76. The van der Waals surface area contributed by atoms with Crippen molar-refractivity contribution < 1.29 is 14.6 Å². The highest BCUT2D eigenvalue weighted by molar-refractivity contribution is 5.86. The number of aliphatic hydroxyl groups is 1. The van der Waals surface area contributed by atoms with Crippen LogP contribution >= 0.6 is 0 Å². The summed E-state index contributed by atoms with van der Waals surface area (Å²) in [7, 11) is 0. The monoisotopic (exact) mass is 304 g/mol. The van der Waals surface area contributed by atoms with Crippen molar-refractivity contribution in [3.05, 3.63) is 24.3 Å². The minimum absolute atomic E-state index is 0.0686. The van der Waals surface area contributed by atoms with Crippen LogP contribution in [0.5, 0.6) is 0 Å². The summed E-state index contributed by atoms with van der Waals surface area (Å²) in [6.07, 6.45) is 6.76. The molecular weight excluding hydrogens is 276 g/mol. The van der Waals surface area contributed by atoms with Gasteiger partial charge in [-0.25, -0.2) is 4.79 Å². The quantitative estimate of drug-likeness (QED) is 0.594. The summed E-state index contributed by atoms with van der Waals surface area (Å²) in [5, 5.41) is 10.9. The summed E-state index contributed by atoms with van der Waals surface area (Å²) in [6, 6.07) is 0. The highest BCUT2D eigenvalue weighted by Crippen LogP contribution is 2.60. The van der Waals surface area contributed by atoms with Crippen LogP contribution in [0.25, 0.3) is 0 Å². The first-order chi connectivity index (χ1) is 10.1. The molecule has 0 spiro atoms. The molecule has 0 radical (unpaired) electrons. The predicted octanol–water partition coefficient (Wildman–Crippen LogP) is 3.63. The topological polar surface area (TPSA) is 46.5 Å². The Kier molecular flexibility index (Phi) is 3.38. The molecular formula is C19H28O3. The van der Waals surface area contributed by atoms with Crippen molar-refractivity contribution >= 4 is 5.97 Å². The van der Waals surface area contributed by atoms with Crippen molar-refractivity contribution in [1.82, 2.24) is 0 Å². The molecule has 3 aliphatic rings. The summed E-state index contributed by atoms with van der Waals surface area (Å²) in [4.78, 5) is 11.9. The summed E-state index contributed by atoms with van der Waals surface area (Å²) in [5.41, 5.74) is 0.781. The van der Waals surface area contributed by atoms with E-state index in [1.807, 2.05) is 6.08 Å². The lowest BCUT2D eigenvalue weighted by atomic mass is 9.55. The average Bonchev–Trinajstić information content (AvgIpc) is 2.82. The summed E-state index contributed by atoms with van der Waals surface area (Å²) >= 11 is 0. The van der Waals surface area contributed by atoms with E-state index in [1.54, 1.807) is 6.08 Å². The van der Waals surface area contributed by atoms with Crippen LogP contribution in [0.4, 0.5) is 0 Å². The van der Waals surface area contributed by atoms with Crippen LogP contribution in [-0.4, -0.2) is 23.3 Å². The van der Waals surface area contributed by atoms with E-state index >= 15 is 0 Å². The Morgan fingerprint density at radius 2 is 1.95 bits per heavy atom. The Morgan fingerprint density at radius 1 is 1.27 bits per heavy atom. The van der Waals surface area contributed by atoms with E-state index in [2.05, 4.69) is 34.3 Å². The van der Waals surface area contributed by atoms with Crippen LogP contribution in [0, 0.1) is 22.2 Å².